The van der Waals surface area contributed by atoms with Crippen LogP contribution in [-0.4, -0.2) is 23.2 Å². The van der Waals surface area contributed by atoms with Crippen LogP contribution in [0, 0.1) is 12.8 Å². The molecule has 0 radical (unpaired) electrons. The average molecular weight is 268 g/mol. The SMILES string of the molecule is Cc1ccc(N2C(=O)CC(CO)C2(C)C)cc1Cl. The van der Waals surface area contributed by atoms with Crippen molar-refractivity contribution in [3.8, 4) is 0 Å². The van der Waals surface area contributed by atoms with Gasteiger partial charge in [-0.3, -0.25) is 4.79 Å². The topological polar surface area (TPSA) is 40.5 Å². The lowest BCUT2D eigenvalue weighted by molar-refractivity contribution is -0.117. The normalized spacial score (nSPS) is 22.6. The summed E-state index contributed by atoms with van der Waals surface area (Å²) in [6, 6.07) is 5.63. The molecule has 4 heteroatoms. The first-order valence-corrected chi connectivity index (χ1v) is 6.45. The minimum atomic E-state index is -0.385. The second kappa shape index (κ2) is 4.56. The van der Waals surface area contributed by atoms with Crippen LogP contribution < -0.4 is 4.90 Å². The number of hydrogen-bond donors (Lipinski definition) is 1. The molecule has 2 rings (SSSR count). The lowest BCUT2D eigenvalue weighted by Gasteiger charge is -2.35. The number of hydrogen-bond acceptors (Lipinski definition) is 2. The molecule has 98 valence electrons. The maximum absolute atomic E-state index is 12.1. The van der Waals surface area contributed by atoms with Crippen molar-refractivity contribution in [1.82, 2.24) is 0 Å². The first-order chi connectivity index (χ1) is 8.37. The summed E-state index contributed by atoms with van der Waals surface area (Å²) in [5.74, 6) is 0.00375. The summed E-state index contributed by atoms with van der Waals surface area (Å²) in [6.45, 7) is 5.91. The van der Waals surface area contributed by atoms with Gasteiger partial charge in [-0.1, -0.05) is 17.7 Å². The summed E-state index contributed by atoms with van der Waals surface area (Å²) in [4.78, 5) is 13.9. The number of aryl methyl sites for hydroxylation is 1. The number of anilines is 1. The summed E-state index contributed by atoms with van der Waals surface area (Å²) >= 11 is 6.12. The molecular formula is C14H18ClNO2. The standard InChI is InChI=1S/C14H18ClNO2/c1-9-4-5-11(7-12(9)15)16-13(18)6-10(8-17)14(16,2)3/h4-5,7,10,17H,6,8H2,1-3H3. The number of nitrogens with zero attached hydrogens (tertiary/aromatic N) is 1. The predicted octanol–water partition coefficient (Wildman–Crippen LogP) is 2.77. The van der Waals surface area contributed by atoms with Crippen molar-refractivity contribution in [1.29, 1.82) is 0 Å². The van der Waals surface area contributed by atoms with Gasteiger partial charge in [0, 0.05) is 35.2 Å². The van der Waals surface area contributed by atoms with Gasteiger partial charge in [-0.05, 0) is 38.5 Å². The lowest BCUT2D eigenvalue weighted by Crippen LogP contribution is -2.45. The zero-order valence-electron chi connectivity index (χ0n) is 10.9. The van der Waals surface area contributed by atoms with Crippen LogP contribution in [0.15, 0.2) is 18.2 Å². The number of carbonyl (C=O) groups excluding carboxylic acids is 1. The molecule has 0 aromatic heterocycles. The maximum Gasteiger partial charge on any atom is 0.227 e. The van der Waals surface area contributed by atoms with Crippen LogP contribution in [0.1, 0.15) is 25.8 Å². The summed E-state index contributed by atoms with van der Waals surface area (Å²) < 4.78 is 0. The van der Waals surface area contributed by atoms with Crippen molar-refractivity contribution in [2.75, 3.05) is 11.5 Å². The molecule has 0 saturated carbocycles. The monoisotopic (exact) mass is 267 g/mol. The number of aliphatic hydroxyl groups excluding tert-OH is 1. The molecule has 1 aliphatic heterocycles. The Labute approximate surface area is 112 Å². The van der Waals surface area contributed by atoms with E-state index in [1.165, 1.54) is 0 Å². The second-order valence-electron chi connectivity index (χ2n) is 5.40. The van der Waals surface area contributed by atoms with Gasteiger partial charge in [0.1, 0.15) is 0 Å². The summed E-state index contributed by atoms with van der Waals surface area (Å²) in [5.41, 5.74) is 1.41. The Kier molecular flexibility index (Phi) is 3.39. The van der Waals surface area contributed by atoms with Gasteiger partial charge in [0.05, 0.1) is 0 Å². The molecule has 1 fully saturated rings. The largest absolute Gasteiger partial charge is 0.396 e. The van der Waals surface area contributed by atoms with Crippen molar-refractivity contribution in [2.45, 2.75) is 32.7 Å². The molecular weight excluding hydrogens is 250 g/mol. The van der Waals surface area contributed by atoms with E-state index in [4.69, 9.17) is 11.6 Å². The van der Waals surface area contributed by atoms with Gasteiger partial charge in [0.2, 0.25) is 5.91 Å². The van der Waals surface area contributed by atoms with E-state index in [-0.39, 0.29) is 24.0 Å². The number of aliphatic hydroxyl groups is 1. The highest BCUT2D eigenvalue weighted by Gasteiger charge is 2.46. The predicted molar refractivity (Wildman–Crippen MR) is 72.9 cm³/mol. The van der Waals surface area contributed by atoms with Crippen LogP contribution in [0.25, 0.3) is 0 Å². The van der Waals surface area contributed by atoms with Crippen LogP contribution in [0.3, 0.4) is 0 Å². The fraction of sp³-hybridized carbons (Fsp3) is 0.500. The van der Waals surface area contributed by atoms with Crippen molar-refractivity contribution >= 4 is 23.2 Å². The van der Waals surface area contributed by atoms with E-state index < -0.39 is 0 Å². The molecule has 1 N–H and O–H groups in total. The van der Waals surface area contributed by atoms with Crippen molar-refractivity contribution in [3.05, 3.63) is 28.8 Å². The Hall–Kier alpha value is -1.06. The van der Waals surface area contributed by atoms with Gasteiger partial charge in [-0.15, -0.1) is 0 Å². The number of amides is 1. The summed E-state index contributed by atoms with van der Waals surface area (Å²) in [7, 11) is 0. The highest BCUT2D eigenvalue weighted by atomic mass is 35.5. The molecule has 1 saturated heterocycles. The van der Waals surface area contributed by atoms with Crippen LogP contribution in [0.2, 0.25) is 5.02 Å². The van der Waals surface area contributed by atoms with E-state index in [1.54, 1.807) is 4.90 Å². The van der Waals surface area contributed by atoms with Crippen molar-refractivity contribution in [3.63, 3.8) is 0 Å². The molecule has 0 aliphatic carbocycles. The van der Waals surface area contributed by atoms with E-state index >= 15 is 0 Å². The van der Waals surface area contributed by atoms with Crippen molar-refractivity contribution in [2.24, 2.45) is 5.92 Å². The summed E-state index contributed by atoms with van der Waals surface area (Å²) in [6.07, 6.45) is 0.384. The second-order valence-corrected chi connectivity index (χ2v) is 5.81. The smallest absolute Gasteiger partial charge is 0.227 e. The minimum absolute atomic E-state index is 0.0227. The summed E-state index contributed by atoms with van der Waals surface area (Å²) in [5, 5.41) is 10.0. The number of rotatable bonds is 2. The van der Waals surface area contributed by atoms with Crippen LogP contribution >= 0.6 is 11.6 Å². The van der Waals surface area contributed by atoms with E-state index in [0.29, 0.717) is 11.4 Å². The molecule has 1 unspecified atom stereocenters. The Morgan fingerprint density at radius 1 is 1.50 bits per heavy atom. The van der Waals surface area contributed by atoms with Crippen LogP contribution in [0.5, 0.6) is 0 Å². The lowest BCUT2D eigenvalue weighted by atomic mass is 9.89. The Bertz CT molecular complexity index is 485. The molecule has 1 atom stereocenters. The fourth-order valence-electron chi connectivity index (χ4n) is 2.54. The first-order valence-electron chi connectivity index (χ1n) is 6.08. The van der Waals surface area contributed by atoms with Gasteiger partial charge in [-0.2, -0.15) is 0 Å². The third kappa shape index (κ3) is 2.02. The Morgan fingerprint density at radius 3 is 2.67 bits per heavy atom. The highest BCUT2D eigenvalue weighted by molar-refractivity contribution is 6.31. The molecule has 0 spiro atoms. The van der Waals surface area contributed by atoms with Gasteiger partial charge < -0.3 is 10.0 Å². The van der Waals surface area contributed by atoms with Crippen LogP contribution in [-0.2, 0) is 4.79 Å². The molecule has 1 amide bonds. The number of carbonyl (C=O) groups is 1. The maximum atomic E-state index is 12.1. The van der Waals surface area contributed by atoms with E-state index in [0.717, 1.165) is 11.3 Å². The van der Waals surface area contributed by atoms with Crippen molar-refractivity contribution < 1.29 is 9.90 Å². The third-order valence-corrected chi connectivity index (χ3v) is 4.29. The van der Waals surface area contributed by atoms with E-state index in [2.05, 4.69) is 0 Å². The first kappa shape index (κ1) is 13.4. The zero-order valence-corrected chi connectivity index (χ0v) is 11.7. The molecule has 1 aromatic rings. The van der Waals surface area contributed by atoms with E-state index in [1.807, 2.05) is 39.0 Å². The number of benzene rings is 1. The Balaban J connectivity index is 2.43. The highest BCUT2D eigenvalue weighted by Crippen LogP contribution is 2.39. The third-order valence-electron chi connectivity index (χ3n) is 3.88. The molecule has 1 aromatic carbocycles. The minimum Gasteiger partial charge on any atom is -0.396 e. The molecule has 1 heterocycles. The van der Waals surface area contributed by atoms with Gasteiger partial charge in [0.15, 0.2) is 0 Å². The average Bonchev–Trinajstić information content (AvgIpc) is 2.52. The van der Waals surface area contributed by atoms with Crippen LogP contribution in [0.4, 0.5) is 5.69 Å². The molecule has 18 heavy (non-hydrogen) atoms. The van der Waals surface area contributed by atoms with Gasteiger partial charge in [0.25, 0.3) is 0 Å². The van der Waals surface area contributed by atoms with E-state index in [9.17, 15) is 9.90 Å². The molecule has 3 nitrogen and oxygen atoms in total. The molecule has 1 aliphatic rings. The van der Waals surface area contributed by atoms with Gasteiger partial charge >= 0.3 is 0 Å². The quantitative estimate of drug-likeness (QED) is 0.895. The molecule has 0 bridgehead atoms. The van der Waals surface area contributed by atoms with Gasteiger partial charge in [-0.25, -0.2) is 0 Å². The zero-order chi connectivity index (χ0) is 13.5. The fourth-order valence-corrected chi connectivity index (χ4v) is 2.72. The number of halogens is 1. The Morgan fingerprint density at radius 2 is 2.17 bits per heavy atom.